The van der Waals surface area contributed by atoms with Gasteiger partial charge < -0.3 is 21.4 Å². The van der Waals surface area contributed by atoms with E-state index in [-0.39, 0.29) is 35.7 Å². The number of rotatable bonds is 7. The highest BCUT2D eigenvalue weighted by Gasteiger charge is 2.19. The number of nitrogens with one attached hydrogen (secondary N) is 3. The van der Waals surface area contributed by atoms with Gasteiger partial charge in [-0.1, -0.05) is 44.0 Å². The van der Waals surface area contributed by atoms with Crippen LogP contribution in [0.1, 0.15) is 62.5 Å². The van der Waals surface area contributed by atoms with E-state index in [9.17, 15) is 14.4 Å². The minimum absolute atomic E-state index is 0.0664. The molecule has 0 radical (unpaired) electrons. The van der Waals surface area contributed by atoms with Crippen molar-refractivity contribution in [1.82, 2.24) is 35.6 Å². The van der Waals surface area contributed by atoms with E-state index in [1.165, 1.54) is 6.07 Å². The molecule has 6 aromatic rings. The Bertz CT molecular complexity index is 2240. The fraction of sp³-hybridized carbons (Fsp3) is 0.139. The molecule has 0 aliphatic rings. The maximum atomic E-state index is 12.6. The van der Waals surface area contributed by atoms with Crippen molar-refractivity contribution in [2.45, 2.75) is 19.8 Å². The summed E-state index contributed by atoms with van der Waals surface area (Å²) >= 11 is 0. The smallest absolute Gasteiger partial charge is 0.270 e. The van der Waals surface area contributed by atoms with Gasteiger partial charge in [-0.3, -0.25) is 29.3 Å². The van der Waals surface area contributed by atoms with Crippen molar-refractivity contribution in [2.24, 2.45) is 5.73 Å². The van der Waals surface area contributed by atoms with Gasteiger partial charge in [0.1, 0.15) is 17.1 Å². The molecule has 0 aliphatic heterocycles. The molecule has 5 aromatic heterocycles. The van der Waals surface area contributed by atoms with Gasteiger partial charge in [0.25, 0.3) is 17.7 Å². The summed E-state index contributed by atoms with van der Waals surface area (Å²) in [6.07, 6.45) is 5.14. The molecular formula is C36H30N8O3. The molecule has 11 nitrogen and oxygen atoms in total. The molecule has 0 aliphatic carbocycles. The first-order valence-electron chi connectivity index (χ1n) is 14.9. The number of nitrogens with zero attached hydrogens (tertiary/aromatic N) is 4. The molecule has 5 N–H and O–H groups in total. The van der Waals surface area contributed by atoms with Gasteiger partial charge in [0.15, 0.2) is 0 Å². The number of pyridine rings is 4. The molecule has 0 saturated heterocycles. The second kappa shape index (κ2) is 12.9. The standard InChI is InChI=1S/C36H30N8O3/c1-20(2)32-33-25(27(19-42-33)35(46)38-3)16-31(44-32)24-10-4-7-21-15-30(41-18-26(21)24)22-12-13-29(40-17-22)36(47)39-14-6-9-23-8-5-11-28(43-23)34(37)45/h4-5,7-8,10-13,15-20,42H,14H2,1-3H3,(H2,37,45)(H,38,46)(H,39,47). The quantitative estimate of drug-likeness (QED) is 0.189. The number of aromatic amines is 1. The summed E-state index contributed by atoms with van der Waals surface area (Å²) in [5, 5.41) is 8.10. The third kappa shape index (κ3) is 6.25. The highest BCUT2D eigenvalue weighted by molar-refractivity contribution is 6.08. The Morgan fingerprint density at radius 3 is 2.47 bits per heavy atom. The largest absolute Gasteiger partial charge is 0.364 e. The van der Waals surface area contributed by atoms with Crippen LogP contribution in [0.4, 0.5) is 0 Å². The second-order valence-electron chi connectivity index (χ2n) is 11.0. The normalized spacial score (nSPS) is 10.9. The molecule has 5 heterocycles. The molecule has 0 fully saturated rings. The van der Waals surface area contributed by atoms with Gasteiger partial charge >= 0.3 is 0 Å². The molecule has 47 heavy (non-hydrogen) atoms. The van der Waals surface area contributed by atoms with Gasteiger partial charge in [-0.15, -0.1) is 0 Å². The van der Waals surface area contributed by atoms with Gasteiger partial charge in [0.2, 0.25) is 0 Å². The topological polar surface area (TPSA) is 169 Å². The third-order valence-electron chi connectivity index (χ3n) is 7.60. The Kier molecular flexibility index (Phi) is 8.40. The van der Waals surface area contributed by atoms with E-state index in [1.54, 1.807) is 43.7 Å². The number of hydrogen-bond donors (Lipinski definition) is 4. The first-order chi connectivity index (χ1) is 22.7. The lowest BCUT2D eigenvalue weighted by Crippen LogP contribution is -2.24. The van der Waals surface area contributed by atoms with E-state index in [2.05, 4.69) is 51.3 Å². The SMILES string of the molecule is CNC(=O)c1c[nH]c2c(C(C)C)nc(-c3cccc4cc(-c5ccc(C(=O)NCC#Cc6cccc(C(N)=O)n6)nc5)ncc34)cc12. The summed E-state index contributed by atoms with van der Waals surface area (Å²) < 4.78 is 0. The van der Waals surface area contributed by atoms with Crippen LogP contribution in [0.15, 0.2) is 79.3 Å². The van der Waals surface area contributed by atoms with Crippen LogP contribution in [-0.4, -0.2) is 56.2 Å². The molecule has 3 amide bonds. The number of amides is 3. The Labute approximate surface area is 270 Å². The van der Waals surface area contributed by atoms with Crippen LogP contribution < -0.4 is 16.4 Å². The molecule has 0 saturated carbocycles. The van der Waals surface area contributed by atoms with Crippen LogP contribution in [0.2, 0.25) is 0 Å². The van der Waals surface area contributed by atoms with Crippen molar-refractivity contribution in [2.75, 3.05) is 13.6 Å². The molecule has 0 spiro atoms. The third-order valence-corrected chi connectivity index (χ3v) is 7.60. The Morgan fingerprint density at radius 2 is 1.72 bits per heavy atom. The molecule has 6 rings (SSSR count). The van der Waals surface area contributed by atoms with Crippen molar-refractivity contribution in [1.29, 1.82) is 0 Å². The number of hydrogen-bond acceptors (Lipinski definition) is 7. The molecule has 0 unspecified atom stereocenters. The maximum Gasteiger partial charge on any atom is 0.270 e. The zero-order chi connectivity index (χ0) is 33.1. The molecule has 0 atom stereocenters. The molecule has 11 heteroatoms. The van der Waals surface area contributed by atoms with Crippen molar-refractivity contribution in [3.8, 4) is 34.4 Å². The summed E-state index contributed by atoms with van der Waals surface area (Å²) in [5.74, 6) is 4.55. The van der Waals surface area contributed by atoms with Crippen LogP contribution in [0.5, 0.6) is 0 Å². The lowest BCUT2D eigenvalue weighted by atomic mass is 9.98. The van der Waals surface area contributed by atoms with E-state index >= 15 is 0 Å². The van der Waals surface area contributed by atoms with Gasteiger partial charge in [0, 0.05) is 47.5 Å². The molecule has 232 valence electrons. The number of primary amides is 1. The highest BCUT2D eigenvalue weighted by Crippen LogP contribution is 2.34. The minimum Gasteiger partial charge on any atom is -0.364 e. The Hall–Kier alpha value is -6.41. The van der Waals surface area contributed by atoms with Crippen LogP contribution in [0.25, 0.3) is 44.2 Å². The van der Waals surface area contributed by atoms with Gasteiger partial charge in [-0.25, -0.2) is 4.98 Å². The summed E-state index contributed by atoms with van der Waals surface area (Å²) in [7, 11) is 1.62. The molecule has 0 bridgehead atoms. The Balaban J connectivity index is 1.22. The number of fused-ring (bicyclic) bond motifs is 2. The second-order valence-corrected chi connectivity index (χ2v) is 11.0. The fourth-order valence-electron chi connectivity index (χ4n) is 5.25. The average Bonchev–Trinajstić information content (AvgIpc) is 3.53. The predicted molar refractivity (Wildman–Crippen MR) is 180 cm³/mol. The molecular weight excluding hydrogens is 592 g/mol. The van der Waals surface area contributed by atoms with E-state index in [0.29, 0.717) is 17.0 Å². The Morgan fingerprint density at radius 1 is 0.894 bits per heavy atom. The van der Waals surface area contributed by atoms with Crippen LogP contribution >= 0.6 is 0 Å². The van der Waals surface area contributed by atoms with Crippen molar-refractivity contribution in [3.05, 3.63) is 108 Å². The van der Waals surface area contributed by atoms with Crippen molar-refractivity contribution < 1.29 is 14.4 Å². The lowest BCUT2D eigenvalue weighted by Gasteiger charge is -2.13. The maximum absolute atomic E-state index is 12.6. The lowest BCUT2D eigenvalue weighted by molar-refractivity contribution is 0.0949. The van der Waals surface area contributed by atoms with Gasteiger partial charge in [0.05, 0.1) is 34.7 Å². The van der Waals surface area contributed by atoms with E-state index in [1.807, 2.05) is 36.5 Å². The van der Waals surface area contributed by atoms with E-state index < -0.39 is 5.91 Å². The highest BCUT2D eigenvalue weighted by atomic mass is 16.2. The van der Waals surface area contributed by atoms with Gasteiger partial charge in [-0.05, 0) is 53.6 Å². The van der Waals surface area contributed by atoms with Crippen LogP contribution in [0, 0.1) is 11.8 Å². The summed E-state index contributed by atoms with van der Waals surface area (Å²) in [6.45, 7) is 4.22. The number of carbonyl (C=O) groups is 3. The number of benzene rings is 1. The zero-order valence-corrected chi connectivity index (χ0v) is 25.9. The predicted octanol–water partition coefficient (Wildman–Crippen LogP) is 4.60. The minimum atomic E-state index is -0.637. The first-order valence-corrected chi connectivity index (χ1v) is 14.9. The van der Waals surface area contributed by atoms with E-state index in [4.69, 9.17) is 15.7 Å². The van der Waals surface area contributed by atoms with Crippen molar-refractivity contribution >= 4 is 39.4 Å². The summed E-state index contributed by atoms with van der Waals surface area (Å²) in [6, 6.07) is 18.1. The van der Waals surface area contributed by atoms with Gasteiger partial charge in [-0.2, -0.15) is 0 Å². The number of carbonyl (C=O) groups excluding carboxylic acids is 3. The van der Waals surface area contributed by atoms with Crippen molar-refractivity contribution in [3.63, 3.8) is 0 Å². The van der Waals surface area contributed by atoms with Crippen LogP contribution in [-0.2, 0) is 0 Å². The fourth-order valence-corrected chi connectivity index (χ4v) is 5.25. The number of nitrogens with two attached hydrogens (primary N) is 1. The van der Waals surface area contributed by atoms with Crippen LogP contribution in [0.3, 0.4) is 0 Å². The summed E-state index contributed by atoms with van der Waals surface area (Å²) in [5.41, 5.74) is 11.4. The molecule has 1 aromatic carbocycles. The average molecular weight is 623 g/mol. The zero-order valence-electron chi connectivity index (χ0n) is 25.9. The number of aromatic nitrogens is 5. The number of H-pyrrole nitrogens is 1. The summed E-state index contributed by atoms with van der Waals surface area (Å²) in [4.78, 5) is 57.9. The monoisotopic (exact) mass is 622 g/mol. The first kappa shape index (κ1) is 30.6. The van der Waals surface area contributed by atoms with E-state index in [0.717, 1.165) is 44.2 Å².